The lowest BCUT2D eigenvalue weighted by molar-refractivity contribution is -0.384. The van der Waals surface area contributed by atoms with Gasteiger partial charge in [-0.25, -0.2) is 9.78 Å². The Balaban J connectivity index is 1.97. The summed E-state index contributed by atoms with van der Waals surface area (Å²) in [5.74, 6) is 0.103. The molecule has 4 rings (SSSR count). The molecule has 1 aliphatic rings. The van der Waals surface area contributed by atoms with Gasteiger partial charge in [0.1, 0.15) is 0 Å². The Labute approximate surface area is 167 Å². The molecule has 0 saturated carbocycles. The maximum Gasteiger partial charge on any atom is 0.338 e. The number of carbonyl (C=O) groups is 1. The Morgan fingerprint density at radius 3 is 2.72 bits per heavy atom. The van der Waals surface area contributed by atoms with E-state index < -0.39 is 16.9 Å². The third kappa shape index (κ3) is 3.22. The number of imidazole rings is 1. The molecule has 2 heterocycles. The van der Waals surface area contributed by atoms with Crippen LogP contribution in [0.3, 0.4) is 0 Å². The van der Waals surface area contributed by atoms with Crippen LogP contribution in [0.15, 0.2) is 59.8 Å². The van der Waals surface area contributed by atoms with Gasteiger partial charge in [-0.2, -0.15) is 0 Å². The van der Waals surface area contributed by atoms with E-state index in [1.165, 1.54) is 12.1 Å². The highest BCUT2D eigenvalue weighted by atomic mass is 16.6. The summed E-state index contributed by atoms with van der Waals surface area (Å²) in [4.78, 5) is 28.5. The number of anilines is 1. The van der Waals surface area contributed by atoms with Gasteiger partial charge in [0.25, 0.3) is 5.69 Å². The summed E-state index contributed by atoms with van der Waals surface area (Å²) >= 11 is 0. The zero-order valence-corrected chi connectivity index (χ0v) is 16.2. The quantitative estimate of drug-likeness (QED) is 0.406. The van der Waals surface area contributed by atoms with E-state index in [2.05, 4.69) is 10.3 Å². The lowest BCUT2D eigenvalue weighted by Crippen LogP contribution is -2.30. The Morgan fingerprint density at radius 1 is 1.24 bits per heavy atom. The molecule has 1 atom stereocenters. The molecule has 0 amide bonds. The first-order chi connectivity index (χ1) is 13.9. The minimum Gasteiger partial charge on any atom is -0.459 e. The predicted octanol–water partition coefficient (Wildman–Crippen LogP) is 4.19. The lowest BCUT2D eigenvalue weighted by atomic mass is 9.94. The Hall–Kier alpha value is -3.68. The lowest BCUT2D eigenvalue weighted by Gasteiger charge is -2.30. The Morgan fingerprint density at radius 2 is 2.00 bits per heavy atom. The number of nitrogens with one attached hydrogen (secondary N) is 1. The molecule has 0 spiro atoms. The van der Waals surface area contributed by atoms with Crippen molar-refractivity contribution in [3.8, 4) is 0 Å². The first kappa shape index (κ1) is 18.7. The van der Waals surface area contributed by atoms with E-state index in [0.717, 1.165) is 11.0 Å². The van der Waals surface area contributed by atoms with Gasteiger partial charge in [-0.1, -0.05) is 24.3 Å². The van der Waals surface area contributed by atoms with Crippen molar-refractivity contribution < 1.29 is 14.5 Å². The number of nitro groups is 1. The second-order valence-electron chi connectivity index (χ2n) is 7.17. The number of para-hydroxylation sites is 2. The van der Waals surface area contributed by atoms with Gasteiger partial charge >= 0.3 is 5.97 Å². The number of esters is 1. The number of ether oxygens (including phenoxy) is 1. The predicted molar refractivity (Wildman–Crippen MR) is 109 cm³/mol. The number of aromatic nitrogens is 2. The molecule has 0 bridgehead atoms. The highest BCUT2D eigenvalue weighted by Gasteiger charge is 2.35. The van der Waals surface area contributed by atoms with E-state index in [1.54, 1.807) is 32.9 Å². The molecule has 148 valence electrons. The van der Waals surface area contributed by atoms with Crippen molar-refractivity contribution in [3.63, 3.8) is 0 Å². The number of non-ortho nitro benzene ring substituents is 1. The number of hydrogen-bond donors (Lipinski definition) is 1. The number of fused-ring (bicyclic) bond motifs is 3. The number of rotatable bonds is 4. The second-order valence-corrected chi connectivity index (χ2v) is 7.17. The van der Waals surface area contributed by atoms with Gasteiger partial charge in [0.05, 0.1) is 33.7 Å². The van der Waals surface area contributed by atoms with Crippen molar-refractivity contribution in [1.82, 2.24) is 9.55 Å². The molecular formula is C21H20N4O4. The molecule has 29 heavy (non-hydrogen) atoms. The summed E-state index contributed by atoms with van der Waals surface area (Å²) in [6.07, 6.45) is -0.297. The zero-order chi connectivity index (χ0) is 20.7. The molecule has 1 N–H and O–H groups in total. The van der Waals surface area contributed by atoms with Crippen LogP contribution in [-0.2, 0) is 9.53 Å². The Kier molecular flexibility index (Phi) is 4.54. The SMILES string of the molecule is CC1=C(C(=O)OC(C)C)[C@H](c2cccc([N+](=O)[O-])c2)n2c(nc3ccccc32)N1. The van der Waals surface area contributed by atoms with E-state index in [0.29, 0.717) is 22.8 Å². The summed E-state index contributed by atoms with van der Waals surface area (Å²) in [5, 5.41) is 14.5. The molecule has 0 saturated heterocycles. The molecule has 8 heteroatoms. The topological polar surface area (TPSA) is 99.3 Å². The van der Waals surface area contributed by atoms with E-state index in [9.17, 15) is 14.9 Å². The van der Waals surface area contributed by atoms with Gasteiger partial charge in [0.15, 0.2) is 0 Å². The van der Waals surface area contributed by atoms with Crippen LogP contribution in [0.4, 0.5) is 11.6 Å². The molecule has 0 aliphatic carbocycles. The zero-order valence-electron chi connectivity index (χ0n) is 16.2. The molecule has 1 aromatic heterocycles. The number of nitro benzene ring substituents is 1. The van der Waals surface area contributed by atoms with Crippen LogP contribution in [0.1, 0.15) is 32.4 Å². The number of allylic oxidation sites excluding steroid dienone is 1. The molecule has 3 aromatic rings. The van der Waals surface area contributed by atoms with Crippen LogP contribution in [0.5, 0.6) is 0 Å². The normalized spacial score (nSPS) is 15.9. The molecule has 0 unspecified atom stereocenters. The average Bonchev–Trinajstić information content (AvgIpc) is 3.04. The average molecular weight is 392 g/mol. The summed E-state index contributed by atoms with van der Waals surface area (Å²) in [7, 11) is 0. The fourth-order valence-electron chi connectivity index (χ4n) is 3.63. The first-order valence-corrected chi connectivity index (χ1v) is 9.27. The fraction of sp³-hybridized carbons (Fsp3) is 0.238. The molecule has 0 fully saturated rings. The maximum atomic E-state index is 13.0. The minimum atomic E-state index is -0.607. The number of nitrogens with zero attached hydrogens (tertiary/aromatic N) is 3. The third-order valence-electron chi connectivity index (χ3n) is 4.79. The van der Waals surface area contributed by atoms with Crippen LogP contribution in [0.25, 0.3) is 11.0 Å². The van der Waals surface area contributed by atoms with Gasteiger partial charge < -0.3 is 10.1 Å². The largest absolute Gasteiger partial charge is 0.459 e. The number of carbonyl (C=O) groups excluding carboxylic acids is 1. The van der Waals surface area contributed by atoms with Crippen molar-refractivity contribution >= 4 is 28.6 Å². The van der Waals surface area contributed by atoms with Crippen LogP contribution < -0.4 is 5.32 Å². The summed E-state index contributed by atoms with van der Waals surface area (Å²) < 4.78 is 7.38. The van der Waals surface area contributed by atoms with E-state index >= 15 is 0 Å². The van der Waals surface area contributed by atoms with Crippen LogP contribution >= 0.6 is 0 Å². The highest BCUT2D eigenvalue weighted by Crippen LogP contribution is 2.40. The number of hydrogen-bond acceptors (Lipinski definition) is 6. The van der Waals surface area contributed by atoms with Crippen molar-refractivity contribution in [2.45, 2.75) is 32.9 Å². The summed E-state index contributed by atoms with van der Waals surface area (Å²) in [5.41, 5.74) is 3.15. The van der Waals surface area contributed by atoms with Gasteiger partial charge in [-0.15, -0.1) is 0 Å². The van der Waals surface area contributed by atoms with Crippen LogP contribution in [0, 0.1) is 10.1 Å². The van der Waals surface area contributed by atoms with E-state index in [4.69, 9.17) is 4.74 Å². The van der Waals surface area contributed by atoms with E-state index in [1.807, 2.05) is 28.8 Å². The van der Waals surface area contributed by atoms with E-state index in [-0.39, 0.29) is 11.8 Å². The summed E-state index contributed by atoms with van der Waals surface area (Å²) in [6.45, 7) is 5.35. The minimum absolute atomic E-state index is 0.0405. The number of benzene rings is 2. The Bertz CT molecular complexity index is 1160. The standard InChI is InChI=1S/C21H20N4O4/c1-12(2)29-20(26)18-13(3)22-21-23-16-9-4-5-10-17(16)24(21)19(18)14-7-6-8-15(11-14)25(27)28/h4-12,19H,1-3H3,(H,22,23)/t19-/m0/s1. The monoisotopic (exact) mass is 392 g/mol. The first-order valence-electron chi connectivity index (χ1n) is 9.27. The smallest absolute Gasteiger partial charge is 0.338 e. The highest BCUT2D eigenvalue weighted by molar-refractivity contribution is 5.94. The fourth-order valence-corrected chi connectivity index (χ4v) is 3.63. The van der Waals surface area contributed by atoms with Gasteiger partial charge in [-0.3, -0.25) is 14.7 Å². The summed E-state index contributed by atoms with van der Waals surface area (Å²) in [6, 6.07) is 13.3. The molecule has 0 radical (unpaired) electrons. The van der Waals surface area contributed by atoms with Crippen LogP contribution in [-0.4, -0.2) is 26.5 Å². The molecule has 1 aliphatic heterocycles. The van der Waals surface area contributed by atoms with Crippen molar-refractivity contribution in [3.05, 3.63) is 75.5 Å². The molecule has 2 aromatic carbocycles. The second kappa shape index (κ2) is 7.05. The van der Waals surface area contributed by atoms with Crippen molar-refractivity contribution in [2.24, 2.45) is 0 Å². The van der Waals surface area contributed by atoms with Gasteiger partial charge in [0, 0.05) is 17.8 Å². The van der Waals surface area contributed by atoms with Crippen LogP contribution in [0.2, 0.25) is 0 Å². The van der Waals surface area contributed by atoms with Crippen molar-refractivity contribution in [2.75, 3.05) is 5.32 Å². The third-order valence-corrected chi connectivity index (χ3v) is 4.79. The van der Waals surface area contributed by atoms with Gasteiger partial charge in [0.2, 0.25) is 5.95 Å². The maximum absolute atomic E-state index is 13.0. The van der Waals surface area contributed by atoms with Crippen molar-refractivity contribution in [1.29, 1.82) is 0 Å². The molecular weight excluding hydrogens is 372 g/mol. The molecule has 8 nitrogen and oxygen atoms in total. The van der Waals surface area contributed by atoms with Gasteiger partial charge in [-0.05, 0) is 38.5 Å².